The van der Waals surface area contributed by atoms with Crippen molar-refractivity contribution < 1.29 is 48.0 Å². The van der Waals surface area contributed by atoms with E-state index in [2.05, 4.69) is 78.8 Å². The van der Waals surface area contributed by atoms with Gasteiger partial charge in [0.25, 0.3) is 0 Å². The topological polar surface area (TPSA) is 174 Å². The zero-order valence-corrected chi connectivity index (χ0v) is 27.2. The number of phenols is 2. The maximum atomic E-state index is 10.6. The molecular formula is C30H42O10P2. The van der Waals surface area contributed by atoms with Crippen LogP contribution < -0.4 is 4.74 Å². The van der Waals surface area contributed by atoms with Crippen molar-refractivity contribution in [1.29, 1.82) is 0 Å². The molecule has 0 amide bonds. The summed E-state index contributed by atoms with van der Waals surface area (Å²) in [4.78, 5) is 31.0. The molecule has 0 aliphatic heterocycles. The fraction of sp³-hybridized carbons (Fsp3) is 0.400. The maximum Gasteiger partial charge on any atom is 0.478 e. The van der Waals surface area contributed by atoms with Crippen molar-refractivity contribution in [3.8, 4) is 34.1 Å². The van der Waals surface area contributed by atoms with E-state index in [0.29, 0.717) is 11.5 Å². The number of hydrogen-bond acceptors (Lipinski definition) is 6. The highest BCUT2D eigenvalue weighted by atomic mass is 31.3. The second-order valence-corrected chi connectivity index (χ2v) is 15.6. The summed E-state index contributed by atoms with van der Waals surface area (Å²) in [6, 6.07) is 17.0. The Kier molecular flexibility index (Phi) is 10.6. The molecule has 12 heteroatoms. The van der Waals surface area contributed by atoms with Gasteiger partial charge in [0.05, 0.1) is 0 Å². The number of aromatic hydroxyl groups is 2. The molecule has 6 N–H and O–H groups in total. The lowest BCUT2D eigenvalue weighted by Crippen LogP contribution is -2.20. The molecule has 232 valence electrons. The van der Waals surface area contributed by atoms with Gasteiger partial charge in [0, 0.05) is 11.6 Å². The first-order valence-corrected chi connectivity index (χ1v) is 16.2. The Morgan fingerprint density at radius 1 is 0.643 bits per heavy atom. The number of rotatable bonds is 5. The first-order chi connectivity index (χ1) is 18.8. The number of phenolic OH excluding ortho intramolecular Hbond substituents is 2. The van der Waals surface area contributed by atoms with E-state index in [4.69, 9.17) is 24.3 Å². The van der Waals surface area contributed by atoms with E-state index in [1.165, 1.54) is 5.56 Å². The second kappa shape index (κ2) is 12.5. The fourth-order valence-corrected chi connectivity index (χ4v) is 5.55. The van der Waals surface area contributed by atoms with Crippen molar-refractivity contribution in [2.24, 2.45) is 0 Å². The molecule has 0 saturated heterocycles. The third-order valence-electron chi connectivity index (χ3n) is 6.08. The van der Waals surface area contributed by atoms with Gasteiger partial charge in [0.2, 0.25) is 0 Å². The Balaban J connectivity index is 0.000000592. The van der Waals surface area contributed by atoms with Crippen LogP contribution in [-0.4, -0.2) is 29.8 Å². The van der Waals surface area contributed by atoms with Crippen molar-refractivity contribution in [3.05, 3.63) is 71.3 Å². The molecule has 0 aliphatic carbocycles. The number of ether oxygens (including phenoxy) is 1. The van der Waals surface area contributed by atoms with Crippen LogP contribution in [0.1, 0.15) is 79.0 Å². The lowest BCUT2D eigenvalue weighted by Gasteiger charge is -2.32. The largest absolute Gasteiger partial charge is 0.508 e. The Labute approximate surface area is 247 Å². The molecular weight excluding hydrogens is 582 g/mol. The lowest BCUT2D eigenvalue weighted by atomic mass is 9.73. The smallest absolute Gasteiger partial charge is 0.478 e. The molecule has 0 unspecified atom stereocenters. The Morgan fingerprint density at radius 2 is 1.19 bits per heavy atom. The molecule has 0 saturated carbocycles. The maximum absolute atomic E-state index is 10.6. The molecule has 0 radical (unpaired) electrons. The van der Waals surface area contributed by atoms with E-state index < -0.39 is 15.6 Å². The van der Waals surface area contributed by atoms with Crippen LogP contribution in [0.2, 0.25) is 0 Å². The van der Waals surface area contributed by atoms with Gasteiger partial charge in [0.15, 0.2) is 0 Å². The lowest BCUT2D eigenvalue weighted by molar-refractivity contribution is 0.225. The summed E-state index contributed by atoms with van der Waals surface area (Å²) in [6.07, 6.45) is 0. The predicted octanol–water partition coefficient (Wildman–Crippen LogP) is 7.64. The third kappa shape index (κ3) is 10.2. The molecule has 0 heterocycles. The summed E-state index contributed by atoms with van der Waals surface area (Å²) in [6.45, 7) is 19.6. The van der Waals surface area contributed by atoms with Gasteiger partial charge >= 0.3 is 15.6 Å². The van der Waals surface area contributed by atoms with E-state index in [1.54, 1.807) is 24.3 Å². The summed E-state index contributed by atoms with van der Waals surface area (Å²) in [5.74, 6) is 1.84. The molecule has 3 rings (SSSR count). The SMILES string of the molecule is CC(C)(C)c1cc(-c2c(C(C)(C)C)ccc(Oc3cccc(O)c3)c2C(C)(C)C)ccc1O.O=P(O)(O)OP(=O)(O)O. The molecule has 10 nitrogen and oxygen atoms in total. The predicted molar refractivity (Wildman–Crippen MR) is 163 cm³/mol. The van der Waals surface area contributed by atoms with Gasteiger partial charge in [-0.3, -0.25) is 0 Å². The summed E-state index contributed by atoms with van der Waals surface area (Å²) in [5, 5.41) is 20.5. The molecule has 0 aromatic heterocycles. The minimum atomic E-state index is -5.05. The summed E-state index contributed by atoms with van der Waals surface area (Å²) >= 11 is 0. The van der Waals surface area contributed by atoms with Crippen LogP contribution in [0.25, 0.3) is 11.1 Å². The van der Waals surface area contributed by atoms with E-state index in [9.17, 15) is 19.3 Å². The molecule has 0 aliphatic rings. The molecule has 0 spiro atoms. The van der Waals surface area contributed by atoms with Crippen LogP contribution in [0.4, 0.5) is 0 Å². The molecule has 3 aromatic rings. The zero-order valence-electron chi connectivity index (χ0n) is 25.4. The van der Waals surface area contributed by atoms with Crippen molar-refractivity contribution in [2.75, 3.05) is 0 Å². The van der Waals surface area contributed by atoms with E-state index in [0.717, 1.165) is 28.0 Å². The van der Waals surface area contributed by atoms with Crippen molar-refractivity contribution >= 4 is 15.6 Å². The minimum absolute atomic E-state index is 0.0986. The number of hydrogen-bond donors (Lipinski definition) is 6. The van der Waals surface area contributed by atoms with Crippen LogP contribution in [-0.2, 0) is 29.7 Å². The van der Waals surface area contributed by atoms with Gasteiger partial charge in [-0.05, 0) is 68.8 Å². The summed E-state index contributed by atoms with van der Waals surface area (Å²) in [7, 11) is -10.1. The van der Waals surface area contributed by atoms with E-state index in [1.807, 2.05) is 18.2 Å². The molecule has 0 fully saturated rings. The monoisotopic (exact) mass is 624 g/mol. The Morgan fingerprint density at radius 3 is 1.62 bits per heavy atom. The van der Waals surface area contributed by atoms with Gasteiger partial charge in [-0.1, -0.05) is 80.5 Å². The first-order valence-electron chi connectivity index (χ1n) is 13.1. The standard InChI is InChI=1S/C30H38O3.H4O7P2/c1-28(2,3)22-14-16-25(33-21-12-10-11-20(31)18-21)27(30(7,8)9)26(22)19-13-15-24(32)23(17-19)29(4,5)6;1-8(2,3)7-9(4,5)6/h10-18,31-32H,1-9H3;(H2,1,2,3)(H2,4,5,6). The highest BCUT2D eigenvalue weighted by Gasteiger charge is 2.31. The molecule has 0 atom stereocenters. The third-order valence-corrected chi connectivity index (χ3v) is 7.78. The van der Waals surface area contributed by atoms with E-state index in [-0.39, 0.29) is 22.0 Å². The summed E-state index contributed by atoms with van der Waals surface area (Å²) in [5.41, 5.74) is 4.93. The fourth-order valence-electron chi connectivity index (χ4n) is 4.44. The highest BCUT2D eigenvalue weighted by molar-refractivity contribution is 7.60. The van der Waals surface area contributed by atoms with Gasteiger partial charge in [-0.2, -0.15) is 4.31 Å². The molecule has 3 aromatic carbocycles. The van der Waals surface area contributed by atoms with Gasteiger partial charge in [-0.15, -0.1) is 0 Å². The summed E-state index contributed by atoms with van der Waals surface area (Å²) < 4.78 is 28.6. The van der Waals surface area contributed by atoms with Crippen molar-refractivity contribution in [2.45, 2.75) is 78.6 Å². The number of phosphoric acid groups is 2. The van der Waals surface area contributed by atoms with Gasteiger partial charge in [-0.25, -0.2) is 9.13 Å². The average molecular weight is 625 g/mol. The molecule has 42 heavy (non-hydrogen) atoms. The minimum Gasteiger partial charge on any atom is -0.508 e. The van der Waals surface area contributed by atoms with Crippen LogP contribution in [0.5, 0.6) is 23.0 Å². The normalized spacial score (nSPS) is 12.9. The molecule has 0 bridgehead atoms. The highest BCUT2D eigenvalue weighted by Crippen LogP contribution is 2.54. The quantitative estimate of drug-likeness (QED) is 0.155. The zero-order chi connectivity index (χ0) is 32.5. The van der Waals surface area contributed by atoms with Crippen molar-refractivity contribution in [1.82, 2.24) is 0 Å². The second-order valence-electron chi connectivity index (χ2n) is 13.0. The van der Waals surface area contributed by atoms with Crippen LogP contribution in [0.15, 0.2) is 54.6 Å². The van der Waals surface area contributed by atoms with Crippen molar-refractivity contribution in [3.63, 3.8) is 0 Å². The van der Waals surface area contributed by atoms with Crippen LogP contribution >= 0.6 is 15.6 Å². The van der Waals surface area contributed by atoms with Crippen LogP contribution in [0.3, 0.4) is 0 Å². The van der Waals surface area contributed by atoms with E-state index >= 15 is 0 Å². The Hall–Kier alpha value is -2.68. The number of benzene rings is 3. The van der Waals surface area contributed by atoms with Gasteiger partial charge < -0.3 is 34.5 Å². The first kappa shape index (κ1) is 35.5. The average Bonchev–Trinajstić information content (AvgIpc) is 2.75. The van der Waals surface area contributed by atoms with Gasteiger partial charge in [0.1, 0.15) is 23.0 Å². The van der Waals surface area contributed by atoms with Crippen LogP contribution in [0, 0.1) is 0 Å². The Bertz CT molecular complexity index is 1480.